The number of nitrogens with zero attached hydrogens (tertiary/aromatic N) is 2. The first-order chi connectivity index (χ1) is 10.1. The van der Waals surface area contributed by atoms with E-state index in [1.165, 1.54) is 0 Å². The first kappa shape index (κ1) is 12.2. The number of amides is 1. The van der Waals surface area contributed by atoms with Gasteiger partial charge in [0.05, 0.1) is 16.6 Å². The van der Waals surface area contributed by atoms with Crippen molar-refractivity contribution in [1.29, 1.82) is 0 Å². The van der Waals surface area contributed by atoms with Crippen LogP contribution in [-0.2, 0) is 6.54 Å². The molecule has 0 saturated carbocycles. The molecule has 3 heterocycles. The molecule has 21 heavy (non-hydrogen) atoms. The molecule has 3 aromatic rings. The molecule has 0 unspecified atom stereocenters. The van der Waals surface area contributed by atoms with Crippen molar-refractivity contribution in [1.82, 2.24) is 14.9 Å². The third kappa shape index (κ3) is 1.70. The molecule has 1 amide bonds. The molecule has 5 heteroatoms. The van der Waals surface area contributed by atoms with Crippen molar-refractivity contribution in [3.05, 3.63) is 41.2 Å². The van der Waals surface area contributed by atoms with Crippen molar-refractivity contribution < 1.29 is 9.21 Å². The number of hydrogen-bond donors (Lipinski definition) is 1. The number of carbonyl (C=O) groups is 1. The van der Waals surface area contributed by atoms with Crippen LogP contribution in [0.15, 0.2) is 28.7 Å². The number of aryl methyl sites for hydroxylation is 2. The minimum absolute atomic E-state index is 0.0439. The lowest BCUT2D eigenvalue weighted by Crippen LogP contribution is -2.24. The van der Waals surface area contributed by atoms with Gasteiger partial charge in [-0.25, -0.2) is 4.98 Å². The largest absolute Gasteiger partial charge is 0.458 e. The normalized spacial score (nSPS) is 14.3. The van der Waals surface area contributed by atoms with Gasteiger partial charge in [0.1, 0.15) is 5.76 Å². The molecule has 2 aromatic heterocycles. The average Bonchev–Trinajstić information content (AvgIpc) is 2.94. The molecule has 0 aliphatic carbocycles. The van der Waals surface area contributed by atoms with Gasteiger partial charge in [-0.05, 0) is 37.6 Å². The predicted octanol–water partition coefficient (Wildman–Crippen LogP) is 2.66. The van der Waals surface area contributed by atoms with Crippen molar-refractivity contribution in [2.75, 3.05) is 6.54 Å². The van der Waals surface area contributed by atoms with Gasteiger partial charge in [-0.1, -0.05) is 6.07 Å². The number of carbonyl (C=O) groups excluding carboxylic acids is 1. The van der Waals surface area contributed by atoms with Gasteiger partial charge < -0.3 is 14.3 Å². The Balaban J connectivity index is 2.05. The summed E-state index contributed by atoms with van der Waals surface area (Å²) < 4.78 is 7.89. The molecular weight excluding hydrogens is 266 g/mol. The molecule has 106 valence electrons. The molecule has 1 aliphatic heterocycles. The number of rotatable bonds is 1. The zero-order chi connectivity index (χ0) is 14.6. The third-order valence-corrected chi connectivity index (χ3v) is 4.02. The van der Waals surface area contributed by atoms with Gasteiger partial charge in [-0.2, -0.15) is 0 Å². The van der Waals surface area contributed by atoms with Crippen LogP contribution < -0.4 is 5.32 Å². The lowest BCUT2D eigenvalue weighted by atomic mass is 10.2. The maximum absolute atomic E-state index is 12.1. The van der Waals surface area contributed by atoms with Gasteiger partial charge in [0.2, 0.25) is 0 Å². The number of para-hydroxylation sites is 1. The second-order valence-electron chi connectivity index (χ2n) is 5.37. The molecule has 0 radical (unpaired) electrons. The Morgan fingerprint density at radius 3 is 2.95 bits per heavy atom. The Morgan fingerprint density at radius 2 is 2.19 bits per heavy atom. The van der Waals surface area contributed by atoms with Gasteiger partial charge in [0.25, 0.3) is 5.91 Å². The summed E-state index contributed by atoms with van der Waals surface area (Å²) in [6.07, 6.45) is 0. The number of benzene rings is 1. The number of hydrogen-bond acceptors (Lipinski definition) is 3. The quantitative estimate of drug-likeness (QED) is 0.746. The highest BCUT2D eigenvalue weighted by molar-refractivity contribution is 6.06. The van der Waals surface area contributed by atoms with E-state index in [4.69, 9.17) is 4.42 Å². The number of imidazole rings is 1. The monoisotopic (exact) mass is 281 g/mol. The van der Waals surface area contributed by atoms with Gasteiger partial charge in [-0.3, -0.25) is 4.79 Å². The number of aromatic nitrogens is 2. The number of nitrogens with one attached hydrogen (secondary N) is 1. The maximum Gasteiger partial charge on any atom is 0.253 e. The Morgan fingerprint density at radius 1 is 1.33 bits per heavy atom. The highest BCUT2D eigenvalue weighted by atomic mass is 16.3. The summed E-state index contributed by atoms with van der Waals surface area (Å²) in [5, 5.41) is 2.91. The summed E-state index contributed by atoms with van der Waals surface area (Å²) in [7, 11) is 0. The molecule has 4 rings (SSSR count). The molecule has 0 saturated heterocycles. The topological polar surface area (TPSA) is 60.1 Å². The van der Waals surface area contributed by atoms with E-state index in [0.29, 0.717) is 18.7 Å². The predicted molar refractivity (Wildman–Crippen MR) is 79.2 cm³/mol. The van der Waals surface area contributed by atoms with E-state index < -0.39 is 0 Å². The Hall–Kier alpha value is -2.56. The van der Waals surface area contributed by atoms with Crippen LogP contribution in [0.2, 0.25) is 0 Å². The lowest BCUT2D eigenvalue weighted by Gasteiger charge is -2.04. The van der Waals surface area contributed by atoms with E-state index in [9.17, 15) is 4.79 Å². The van der Waals surface area contributed by atoms with Crippen molar-refractivity contribution in [3.8, 4) is 11.6 Å². The Labute approximate surface area is 121 Å². The van der Waals surface area contributed by atoms with Gasteiger partial charge in [0, 0.05) is 13.1 Å². The summed E-state index contributed by atoms with van der Waals surface area (Å²) >= 11 is 0. The Kier molecular flexibility index (Phi) is 2.45. The summed E-state index contributed by atoms with van der Waals surface area (Å²) in [5.41, 5.74) is 3.48. The van der Waals surface area contributed by atoms with E-state index in [-0.39, 0.29) is 5.91 Å². The summed E-state index contributed by atoms with van der Waals surface area (Å²) in [6.45, 7) is 5.24. The smallest absolute Gasteiger partial charge is 0.253 e. The average molecular weight is 281 g/mol. The SMILES string of the molecule is Cc1cc(-c2nc3cccc4c3n2CCNC4=O)oc1C. The van der Waals surface area contributed by atoms with Crippen LogP contribution in [0.4, 0.5) is 0 Å². The summed E-state index contributed by atoms with van der Waals surface area (Å²) in [4.78, 5) is 16.8. The highest BCUT2D eigenvalue weighted by Gasteiger charge is 2.23. The zero-order valence-corrected chi connectivity index (χ0v) is 11.9. The van der Waals surface area contributed by atoms with Crippen molar-refractivity contribution >= 4 is 16.9 Å². The Bertz CT molecular complexity index is 854. The fraction of sp³-hybridized carbons (Fsp3) is 0.250. The van der Waals surface area contributed by atoms with Crippen LogP contribution in [-0.4, -0.2) is 22.0 Å². The van der Waals surface area contributed by atoms with Crippen molar-refractivity contribution in [2.45, 2.75) is 20.4 Å². The molecule has 0 fully saturated rings. The second-order valence-corrected chi connectivity index (χ2v) is 5.37. The first-order valence-corrected chi connectivity index (χ1v) is 7.00. The highest BCUT2D eigenvalue weighted by Crippen LogP contribution is 2.30. The first-order valence-electron chi connectivity index (χ1n) is 7.00. The minimum Gasteiger partial charge on any atom is -0.458 e. The third-order valence-electron chi connectivity index (χ3n) is 4.02. The molecule has 1 aliphatic rings. The summed E-state index contributed by atoms with van der Waals surface area (Å²) in [5.74, 6) is 2.39. The molecule has 0 spiro atoms. The van der Waals surface area contributed by atoms with E-state index in [1.54, 1.807) is 0 Å². The fourth-order valence-corrected chi connectivity index (χ4v) is 2.83. The minimum atomic E-state index is -0.0439. The van der Waals surface area contributed by atoms with Crippen molar-refractivity contribution in [2.24, 2.45) is 0 Å². The van der Waals surface area contributed by atoms with E-state index >= 15 is 0 Å². The molecule has 0 bridgehead atoms. The fourth-order valence-electron chi connectivity index (χ4n) is 2.83. The van der Waals surface area contributed by atoms with Crippen LogP contribution >= 0.6 is 0 Å². The van der Waals surface area contributed by atoms with Gasteiger partial charge in [0.15, 0.2) is 11.6 Å². The molecular formula is C16H15N3O2. The van der Waals surface area contributed by atoms with Crippen LogP contribution in [0, 0.1) is 13.8 Å². The van der Waals surface area contributed by atoms with Gasteiger partial charge in [-0.15, -0.1) is 0 Å². The lowest BCUT2D eigenvalue weighted by molar-refractivity contribution is 0.0956. The molecule has 1 aromatic carbocycles. The van der Waals surface area contributed by atoms with Crippen molar-refractivity contribution in [3.63, 3.8) is 0 Å². The second kappa shape index (κ2) is 4.22. The van der Waals surface area contributed by atoms with Crippen LogP contribution in [0.1, 0.15) is 21.7 Å². The standard InChI is InChI=1S/C16H15N3O2/c1-9-8-13(21-10(9)2)15-18-12-5-3-4-11-14(12)19(15)7-6-17-16(11)20/h3-5,8H,6-7H2,1-2H3,(H,17,20). The summed E-state index contributed by atoms with van der Waals surface area (Å²) in [6, 6.07) is 7.63. The van der Waals surface area contributed by atoms with Gasteiger partial charge >= 0.3 is 0 Å². The van der Waals surface area contributed by atoms with E-state index in [1.807, 2.05) is 38.1 Å². The maximum atomic E-state index is 12.1. The van der Waals surface area contributed by atoms with E-state index in [2.05, 4.69) is 14.9 Å². The molecule has 1 N–H and O–H groups in total. The zero-order valence-electron chi connectivity index (χ0n) is 11.9. The molecule has 0 atom stereocenters. The van der Waals surface area contributed by atoms with E-state index in [0.717, 1.165) is 33.9 Å². The van der Waals surface area contributed by atoms with Crippen LogP contribution in [0.3, 0.4) is 0 Å². The van der Waals surface area contributed by atoms with Crippen LogP contribution in [0.5, 0.6) is 0 Å². The molecule has 5 nitrogen and oxygen atoms in total. The van der Waals surface area contributed by atoms with Crippen LogP contribution in [0.25, 0.3) is 22.6 Å². The number of furan rings is 1.